The predicted octanol–water partition coefficient (Wildman–Crippen LogP) is 4.00. The fraction of sp³-hybridized carbons (Fsp3) is 0.600. The number of carbonyl (C=O) groups is 2. The molecule has 0 amide bonds. The normalized spacial score (nSPS) is 19.8. The number of hydrogen-bond acceptors (Lipinski definition) is 5. The number of ether oxygens (including phenoxy) is 3. The highest BCUT2D eigenvalue weighted by Crippen LogP contribution is 2.26. The van der Waals surface area contributed by atoms with Crippen molar-refractivity contribution in [1.82, 2.24) is 0 Å². The number of esters is 2. The van der Waals surface area contributed by atoms with Crippen LogP contribution in [0.4, 0.5) is 0 Å². The third-order valence-electron chi connectivity index (χ3n) is 4.14. The smallest absolute Gasteiger partial charge is 0.338 e. The summed E-state index contributed by atoms with van der Waals surface area (Å²) in [4.78, 5) is 23.9. The van der Waals surface area contributed by atoms with Gasteiger partial charge in [0.25, 0.3) is 0 Å². The van der Waals surface area contributed by atoms with Crippen LogP contribution in [-0.4, -0.2) is 31.3 Å². The van der Waals surface area contributed by atoms with E-state index in [-0.39, 0.29) is 24.6 Å². The minimum atomic E-state index is -0.413. The van der Waals surface area contributed by atoms with E-state index in [1.54, 1.807) is 24.3 Å². The van der Waals surface area contributed by atoms with E-state index < -0.39 is 5.97 Å². The zero-order chi connectivity index (χ0) is 18.2. The van der Waals surface area contributed by atoms with Crippen molar-refractivity contribution in [2.45, 2.75) is 52.6 Å². The fourth-order valence-electron chi connectivity index (χ4n) is 2.71. The molecule has 0 aromatic heterocycles. The molecule has 1 aliphatic heterocycles. The van der Waals surface area contributed by atoms with Gasteiger partial charge < -0.3 is 14.2 Å². The number of rotatable bonds is 9. The highest BCUT2D eigenvalue weighted by molar-refractivity contribution is 5.89. The Labute approximate surface area is 149 Å². The zero-order valence-corrected chi connectivity index (χ0v) is 15.3. The zero-order valence-electron chi connectivity index (χ0n) is 15.3. The average Bonchev–Trinajstić information content (AvgIpc) is 2.96. The van der Waals surface area contributed by atoms with E-state index in [4.69, 9.17) is 14.2 Å². The van der Waals surface area contributed by atoms with Gasteiger partial charge in [-0.1, -0.05) is 33.6 Å². The van der Waals surface area contributed by atoms with Crippen molar-refractivity contribution in [2.24, 2.45) is 11.8 Å². The van der Waals surface area contributed by atoms with E-state index in [0.717, 1.165) is 25.0 Å². The monoisotopic (exact) mass is 348 g/mol. The lowest BCUT2D eigenvalue weighted by atomic mass is 9.99. The van der Waals surface area contributed by atoms with Crippen LogP contribution in [0.2, 0.25) is 0 Å². The van der Waals surface area contributed by atoms with Gasteiger partial charge >= 0.3 is 11.9 Å². The second-order valence-electron chi connectivity index (χ2n) is 6.96. The second-order valence-corrected chi connectivity index (χ2v) is 6.96. The summed E-state index contributed by atoms with van der Waals surface area (Å²) in [5.41, 5.74) is 0.462. The summed E-state index contributed by atoms with van der Waals surface area (Å²) in [5.74, 6) is 0.541. The lowest BCUT2D eigenvalue weighted by Gasteiger charge is -2.11. The number of cyclic esters (lactones) is 1. The van der Waals surface area contributed by atoms with Crippen LogP contribution in [0.25, 0.3) is 0 Å². The van der Waals surface area contributed by atoms with E-state index in [9.17, 15) is 9.59 Å². The first-order valence-electron chi connectivity index (χ1n) is 9.10. The van der Waals surface area contributed by atoms with Crippen molar-refractivity contribution < 1.29 is 23.8 Å². The first-order valence-corrected chi connectivity index (χ1v) is 9.10. The molecule has 0 N–H and O–H groups in total. The maximum Gasteiger partial charge on any atom is 0.338 e. The largest absolute Gasteiger partial charge is 0.493 e. The van der Waals surface area contributed by atoms with Crippen molar-refractivity contribution in [3.05, 3.63) is 29.8 Å². The number of carbonyl (C=O) groups excluding carboxylic acids is 2. The van der Waals surface area contributed by atoms with Crippen molar-refractivity contribution in [2.75, 3.05) is 13.2 Å². The lowest BCUT2D eigenvalue weighted by molar-refractivity contribution is -0.145. The maximum absolute atomic E-state index is 12.1. The quantitative estimate of drug-likeness (QED) is 0.631. The van der Waals surface area contributed by atoms with E-state index in [1.807, 2.05) is 0 Å². The third-order valence-corrected chi connectivity index (χ3v) is 4.14. The molecule has 1 aromatic rings. The predicted molar refractivity (Wildman–Crippen MR) is 94.6 cm³/mol. The number of benzene rings is 1. The van der Waals surface area contributed by atoms with Crippen LogP contribution in [0.1, 0.15) is 56.8 Å². The molecule has 0 saturated carbocycles. The van der Waals surface area contributed by atoms with Crippen LogP contribution in [0.3, 0.4) is 0 Å². The van der Waals surface area contributed by atoms with E-state index in [0.29, 0.717) is 24.5 Å². The molecule has 1 aromatic carbocycles. The van der Waals surface area contributed by atoms with E-state index in [2.05, 4.69) is 20.8 Å². The van der Waals surface area contributed by atoms with Crippen molar-refractivity contribution in [3.8, 4) is 5.75 Å². The molecule has 2 atom stereocenters. The summed E-state index contributed by atoms with van der Waals surface area (Å²) >= 11 is 0. The SMILES string of the molecule is CCCC[C@H]1C[C@H](COC(=O)c2ccc(OCC(C)C)cc2)OC1=O. The topological polar surface area (TPSA) is 61.8 Å². The van der Waals surface area contributed by atoms with Crippen LogP contribution in [0.5, 0.6) is 5.75 Å². The molecule has 1 saturated heterocycles. The number of hydrogen-bond donors (Lipinski definition) is 0. The molecular formula is C20H28O5. The molecule has 0 unspecified atom stereocenters. The van der Waals surface area contributed by atoms with Crippen LogP contribution in [-0.2, 0) is 14.3 Å². The Kier molecular flexibility index (Phi) is 7.29. The van der Waals surface area contributed by atoms with Crippen LogP contribution < -0.4 is 4.74 Å². The fourth-order valence-corrected chi connectivity index (χ4v) is 2.71. The van der Waals surface area contributed by atoms with Crippen molar-refractivity contribution in [1.29, 1.82) is 0 Å². The third kappa shape index (κ3) is 6.07. The highest BCUT2D eigenvalue weighted by atomic mass is 16.6. The summed E-state index contributed by atoms with van der Waals surface area (Å²) in [6.07, 6.45) is 3.22. The Morgan fingerprint density at radius 2 is 2.00 bits per heavy atom. The van der Waals surface area contributed by atoms with Gasteiger partial charge in [0.2, 0.25) is 0 Å². The van der Waals surface area contributed by atoms with E-state index >= 15 is 0 Å². The molecular weight excluding hydrogens is 320 g/mol. The van der Waals surface area contributed by atoms with Gasteiger partial charge in [0.05, 0.1) is 18.1 Å². The molecule has 25 heavy (non-hydrogen) atoms. The molecule has 5 heteroatoms. The van der Waals surface area contributed by atoms with Gasteiger partial charge in [-0.2, -0.15) is 0 Å². The Morgan fingerprint density at radius 1 is 1.28 bits per heavy atom. The molecule has 1 aliphatic rings. The van der Waals surface area contributed by atoms with E-state index in [1.165, 1.54) is 0 Å². The van der Waals surface area contributed by atoms with Gasteiger partial charge in [0.1, 0.15) is 18.5 Å². The minimum Gasteiger partial charge on any atom is -0.493 e. The van der Waals surface area contributed by atoms with Gasteiger partial charge in [0, 0.05) is 6.42 Å². The van der Waals surface area contributed by atoms with Crippen LogP contribution >= 0.6 is 0 Å². The molecule has 1 fully saturated rings. The van der Waals surface area contributed by atoms with Gasteiger partial charge in [-0.05, 0) is 36.6 Å². The Hall–Kier alpha value is -2.04. The molecule has 1 heterocycles. The van der Waals surface area contributed by atoms with Gasteiger partial charge in [-0.25, -0.2) is 4.79 Å². The van der Waals surface area contributed by atoms with Gasteiger partial charge in [-0.3, -0.25) is 4.79 Å². The summed E-state index contributed by atoms with van der Waals surface area (Å²) in [7, 11) is 0. The van der Waals surface area contributed by atoms with Crippen molar-refractivity contribution >= 4 is 11.9 Å². The maximum atomic E-state index is 12.1. The molecule has 5 nitrogen and oxygen atoms in total. The standard InChI is InChI=1S/C20H28O5/c1-4-5-6-16-11-18(25-20(16)22)13-24-19(21)15-7-9-17(10-8-15)23-12-14(2)3/h7-10,14,16,18H,4-6,11-13H2,1-3H3/t16-,18+/m0/s1. The molecule has 0 aliphatic carbocycles. The summed E-state index contributed by atoms with van der Waals surface area (Å²) < 4.78 is 16.2. The van der Waals surface area contributed by atoms with Gasteiger partial charge in [-0.15, -0.1) is 0 Å². The van der Waals surface area contributed by atoms with Crippen LogP contribution in [0.15, 0.2) is 24.3 Å². The minimum absolute atomic E-state index is 0.0546. The molecule has 0 radical (unpaired) electrons. The summed E-state index contributed by atoms with van der Waals surface area (Å²) in [6.45, 7) is 7.00. The van der Waals surface area contributed by atoms with Crippen molar-refractivity contribution in [3.63, 3.8) is 0 Å². The number of unbranched alkanes of at least 4 members (excludes halogenated alkanes) is 1. The molecule has 2 rings (SSSR count). The molecule has 0 spiro atoms. The lowest BCUT2D eigenvalue weighted by Crippen LogP contribution is -2.18. The molecule has 0 bridgehead atoms. The summed E-state index contributed by atoms with van der Waals surface area (Å²) in [6, 6.07) is 6.89. The Bertz CT molecular complexity index is 564. The second kappa shape index (κ2) is 9.44. The van der Waals surface area contributed by atoms with Gasteiger partial charge in [0.15, 0.2) is 0 Å². The average molecular weight is 348 g/mol. The first-order chi connectivity index (χ1) is 12.0. The van der Waals surface area contributed by atoms with Crippen LogP contribution in [0, 0.1) is 11.8 Å². The Morgan fingerprint density at radius 3 is 2.64 bits per heavy atom. The molecule has 138 valence electrons. The summed E-state index contributed by atoms with van der Waals surface area (Å²) in [5, 5.41) is 0. The highest BCUT2D eigenvalue weighted by Gasteiger charge is 2.34. The Balaban J connectivity index is 1.77. The first kappa shape index (κ1) is 19.3.